The van der Waals surface area contributed by atoms with Crippen molar-refractivity contribution in [2.24, 2.45) is 17.1 Å². The lowest BCUT2D eigenvalue weighted by molar-refractivity contribution is 0.117. The highest BCUT2D eigenvalue weighted by molar-refractivity contribution is 4.93. The smallest absolute Gasteiger partial charge is 0.0144 e. The Labute approximate surface area is 112 Å². The minimum atomic E-state index is 0.215. The van der Waals surface area contributed by atoms with Crippen molar-refractivity contribution in [1.29, 1.82) is 0 Å². The van der Waals surface area contributed by atoms with Crippen molar-refractivity contribution in [2.75, 3.05) is 52.9 Å². The summed E-state index contributed by atoms with van der Waals surface area (Å²) in [5.74, 6) is 0.674. The van der Waals surface area contributed by atoms with Crippen LogP contribution in [-0.2, 0) is 0 Å². The van der Waals surface area contributed by atoms with Gasteiger partial charge < -0.3 is 20.9 Å². The molecule has 18 heavy (non-hydrogen) atoms. The van der Waals surface area contributed by atoms with E-state index in [1.807, 2.05) is 0 Å². The average Bonchev–Trinajstić information content (AvgIpc) is 2.75. The van der Waals surface area contributed by atoms with Gasteiger partial charge in [0.15, 0.2) is 0 Å². The highest BCUT2D eigenvalue weighted by Gasteiger charge is 2.36. The van der Waals surface area contributed by atoms with Gasteiger partial charge in [-0.15, -0.1) is 0 Å². The van der Waals surface area contributed by atoms with E-state index in [1.165, 1.54) is 32.6 Å². The van der Waals surface area contributed by atoms with Gasteiger partial charge in [0.2, 0.25) is 0 Å². The summed E-state index contributed by atoms with van der Waals surface area (Å²) >= 11 is 0. The number of piperazine rings is 1. The molecule has 0 bridgehead atoms. The number of hydrogen-bond donors (Lipinski definition) is 2. The van der Waals surface area contributed by atoms with E-state index >= 15 is 0 Å². The molecule has 0 spiro atoms. The van der Waals surface area contributed by atoms with Crippen molar-refractivity contribution < 1.29 is 0 Å². The van der Waals surface area contributed by atoms with Gasteiger partial charge in [-0.05, 0) is 31.3 Å². The average molecular weight is 254 g/mol. The molecule has 106 valence electrons. The van der Waals surface area contributed by atoms with Crippen molar-refractivity contribution in [1.82, 2.24) is 15.1 Å². The standard InChI is InChI=1S/C14H30N4/c1-14(2,11-18-8-5-16-6-9-18)13(15)12-4-7-17(3)10-12/h12-13,16H,4-11,15H2,1-3H3. The highest BCUT2D eigenvalue weighted by Crippen LogP contribution is 2.30. The molecule has 2 atom stereocenters. The first kappa shape index (κ1) is 14.3. The van der Waals surface area contributed by atoms with Crippen molar-refractivity contribution in [3.8, 4) is 0 Å². The molecule has 2 fully saturated rings. The molecule has 0 amide bonds. The Kier molecular flexibility index (Phi) is 4.64. The predicted octanol–water partition coefficient (Wildman–Crippen LogP) is 0.197. The van der Waals surface area contributed by atoms with Gasteiger partial charge in [0.05, 0.1) is 0 Å². The quantitative estimate of drug-likeness (QED) is 0.752. The molecule has 0 aliphatic carbocycles. The van der Waals surface area contributed by atoms with Crippen LogP contribution in [0.4, 0.5) is 0 Å². The second kappa shape index (κ2) is 5.87. The summed E-state index contributed by atoms with van der Waals surface area (Å²) in [7, 11) is 2.20. The zero-order chi connectivity index (χ0) is 13.2. The van der Waals surface area contributed by atoms with Gasteiger partial charge in [-0.1, -0.05) is 13.8 Å². The van der Waals surface area contributed by atoms with E-state index < -0.39 is 0 Å². The molecule has 2 heterocycles. The number of hydrogen-bond acceptors (Lipinski definition) is 4. The van der Waals surface area contributed by atoms with Gasteiger partial charge in [-0.2, -0.15) is 0 Å². The minimum Gasteiger partial charge on any atom is -0.327 e. The topological polar surface area (TPSA) is 44.5 Å². The van der Waals surface area contributed by atoms with Crippen molar-refractivity contribution in [2.45, 2.75) is 26.3 Å². The van der Waals surface area contributed by atoms with Crippen LogP contribution in [0.15, 0.2) is 0 Å². The molecule has 3 N–H and O–H groups in total. The predicted molar refractivity (Wildman–Crippen MR) is 76.7 cm³/mol. The van der Waals surface area contributed by atoms with E-state index in [1.54, 1.807) is 0 Å². The van der Waals surface area contributed by atoms with Crippen LogP contribution in [0.5, 0.6) is 0 Å². The molecule has 2 unspecified atom stereocenters. The molecule has 0 aromatic heterocycles. The number of rotatable bonds is 4. The minimum absolute atomic E-state index is 0.215. The number of nitrogens with zero attached hydrogens (tertiary/aromatic N) is 2. The first-order valence-electron chi connectivity index (χ1n) is 7.36. The van der Waals surface area contributed by atoms with Crippen LogP contribution in [0.1, 0.15) is 20.3 Å². The van der Waals surface area contributed by atoms with Crippen LogP contribution in [0.2, 0.25) is 0 Å². The Bertz CT molecular complexity index is 261. The summed E-state index contributed by atoms with van der Waals surface area (Å²) in [6, 6.07) is 0.317. The fourth-order valence-electron chi connectivity index (χ4n) is 3.45. The third-order valence-corrected chi connectivity index (χ3v) is 4.68. The normalized spacial score (nSPS) is 29.7. The van der Waals surface area contributed by atoms with Crippen molar-refractivity contribution in [3.05, 3.63) is 0 Å². The fourth-order valence-corrected chi connectivity index (χ4v) is 3.45. The summed E-state index contributed by atoms with van der Waals surface area (Å²) in [5.41, 5.74) is 6.78. The lowest BCUT2D eigenvalue weighted by atomic mass is 9.77. The van der Waals surface area contributed by atoms with Gasteiger partial charge in [-0.25, -0.2) is 0 Å². The molecule has 2 rings (SSSR count). The summed E-state index contributed by atoms with van der Waals surface area (Å²) < 4.78 is 0. The van der Waals surface area contributed by atoms with E-state index in [9.17, 15) is 0 Å². The first-order valence-corrected chi connectivity index (χ1v) is 7.36. The number of likely N-dealkylation sites (tertiary alicyclic amines) is 1. The fraction of sp³-hybridized carbons (Fsp3) is 1.00. The van der Waals surface area contributed by atoms with Gasteiger partial charge in [0.1, 0.15) is 0 Å². The first-order chi connectivity index (χ1) is 8.49. The van der Waals surface area contributed by atoms with Gasteiger partial charge in [0.25, 0.3) is 0 Å². The zero-order valence-corrected chi connectivity index (χ0v) is 12.3. The molecular weight excluding hydrogens is 224 g/mol. The third kappa shape index (κ3) is 3.44. The maximum absolute atomic E-state index is 6.57. The van der Waals surface area contributed by atoms with Crippen LogP contribution in [0.25, 0.3) is 0 Å². The van der Waals surface area contributed by atoms with Gasteiger partial charge in [0, 0.05) is 45.3 Å². The lowest BCUT2D eigenvalue weighted by Crippen LogP contribution is -2.53. The monoisotopic (exact) mass is 254 g/mol. The summed E-state index contributed by atoms with van der Waals surface area (Å²) in [6.45, 7) is 12.8. The Hall–Kier alpha value is -0.160. The number of nitrogens with one attached hydrogen (secondary N) is 1. The van der Waals surface area contributed by atoms with Crippen LogP contribution >= 0.6 is 0 Å². The molecule has 0 aromatic rings. The zero-order valence-electron chi connectivity index (χ0n) is 12.3. The molecule has 2 aliphatic rings. The SMILES string of the molecule is CN1CCC(C(N)C(C)(C)CN2CCNCC2)C1. The summed E-state index contributed by atoms with van der Waals surface area (Å²) in [4.78, 5) is 4.97. The van der Waals surface area contributed by atoms with E-state index in [-0.39, 0.29) is 5.41 Å². The van der Waals surface area contributed by atoms with Crippen LogP contribution in [-0.4, -0.2) is 68.7 Å². The Morgan fingerprint density at radius 1 is 1.28 bits per heavy atom. The van der Waals surface area contributed by atoms with E-state index in [0.717, 1.165) is 19.6 Å². The van der Waals surface area contributed by atoms with E-state index in [2.05, 4.69) is 36.0 Å². The van der Waals surface area contributed by atoms with Crippen LogP contribution in [0.3, 0.4) is 0 Å². The molecule has 0 aromatic carbocycles. The Balaban J connectivity index is 1.87. The third-order valence-electron chi connectivity index (χ3n) is 4.68. The highest BCUT2D eigenvalue weighted by atomic mass is 15.2. The van der Waals surface area contributed by atoms with E-state index in [0.29, 0.717) is 12.0 Å². The van der Waals surface area contributed by atoms with Gasteiger partial charge >= 0.3 is 0 Å². The van der Waals surface area contributed by atoms with Gasteiger partial charge in [-0.3, -0.25) is 0 Å². The largest absolute Gasteiger partial charge is 0.327 e. The maximum atomic E-state index is 6.57. The maximum Gasteiger partial charge on any atom is 0.0144 e. The summed E-state index contributed by atoms with van der Waals surface area (Å²) in [6.07, 6.45) is 1.27. The van der Waals surface area contributed by atoms with Crippen LogP contribution in [0, 0.1) is 11.3 Å². The van der Waals surface area contributed by atoms with Crippen LogP contribution < -0.4 is 11.1 Å². The second-order valence-corrected chi connectivity index (χ2v) is 6.85. The Morgan fingerprint density at radius 3 is 2.50 bits per heavy atom. The van der Waals surface area contributed by atoms with E-state index in [4.69, 9.17) is 5.73 Å². The van der Waals surface area contributed by atoms with Crippen molar-refractivity contribution >= 4 is 0 Å². The molecule has 4 nitrogen and oxygen atoms in total. The summed E-state index contributed by atoms with van der Waals surface area (Å²) in [5, 5.41) is 3.41. The molecule has 2 saturated heterocycles. The second-order valence-electron chi connectivity index (χ2n) is 6.85. The number of nitrogens with two attached hydrogens (primary N) is 1. The molecule has 0 radical (unpaired) electrons. The molecule has 2 aliphatic heterocycles. The Morgan fingerprint density at radius 2 is 1.94 bits per heavy atom. The molecular formula is C14H30N4. The lowest BCUT2D eigenvalue weighted by Gasteiger charge is -2.40. The molecule has 0 saturated carbocycles. The molecule has 4 heteroatoms. The van der Waals surface area contributed by atoms with Crippen molar-refractivity contribution in [3.63, 3.8) is 0 Å².